The Morgan fingerprint density at radius 2 is 2.05 bits per heavy atom. The fourth-order valence-electron chi connectivity index (χ4n) is 1.62. The largest absolute Gasteiger partial charge is 0.481 e. The fourth-order valence-corrected chi connectivity index (χ4v) is 2.45. The highest BCUT2D eigenvalue weighted by molar-refractivity contribution is 7.09. The zero-order valence-corrected chi connectivity index (χ0v) is 12.4. The second-order valence-corrected chi connectivity index (χ2v) is 5.56. The van der Waals surface area contributed by atoms with Crippen LogP contribution in [-0.4, -0.2) is 52.5 Å². The molecule has 0 radical (unpaired) electrons. The molecule has 19 heavy (non-hydrogen) atoms. The molecule has 0 fully saturated rings. The monoisotopic (exact) mass is 285 g/mol. The molecule has 1 aromatic rings. The van der Waals surface area contributed by atoms with Crippen LogP contribution >= 0.6 is 11.3 Å². The number of hydrogen-bond donors (Lipinski definition) is 1. The van der Waals surface area contributed by atoms with Crippen LogP contribution in [0.25, 0.3) is 0 Å². The van der Waals surface area contributed by atoms with Gasteiger partial charge in [-0.15, -0.1) is 11.3 Å². The second kappa shape index (κ2) is 6.51. The predicted molar refractivity (Wildman–Crippen MR) is 73.1 cm³/mol. The van der Waals surface area contributed by atoms with E-state index in [0.717, 1.165) is 10.6 Å². The van der Waals surface area contributed by atoms with Crippen molar-refractivity contribution in [1.82, 2.24) is 14.8 Å². The van der Waals surface area contributed by atoms with Crippen molar-refractivity contribution < 1.29 is 14.7 Å². The van der Waals surface area contributed by atoms with Crippen LogP contribution in [0.4, 0.5) is 4.79 Å². The Labute approximate surface area is 116 Å². The van der Waals surface area contributed by atoms with Gasteiger partial charge >= 0.3 is 12.0 Å². The number of aliphatic carboxylic acids is 1. The number of carbonyl (C=O) groups is 2. The summed E-state index contributed by atoms with van der Waals surface area (Å²) in [6, 6.07) is -0.194. The summed E-state index contributed by atoms with van der Waals surface area (Å²) in [5.41, 5.74) is 2.67. The summed E-state index contributed by atoms with van der Waals surface area (Å²) in [4.78, 5) is 31.0. The van der Waals surface area contributed by atoms with Gasteiger partial charge in [-0.05, 0) is 6.92 Å². The van der Waals surface area contributed by atoms with Gasteiger partial charge in [-0.1, -0.05) is 6.92 Å². The molecule has 0 aliphatic rings. The number of carboxylic acids is 1. The lowest BCUT2D eigenvalue weighted by molar-refractivity contribution is -0.141. The van der Waals surface area contributed by atoms with Crippen molar-refractivity contribution in [3.63, 3.8) is 0 Å². The van der Waals surface area contributed by atoms with Crippen molar-refractivity contribution in [2.45, 2.75) is 20.4 Å². The third-order valence-electron chi connectivity index (χ3n) is 2.85. The summed E-state index contributed by atoms with van der Waals surface area (Å²) in [7, 11) is 3.31. The zero-order valence-electron chi connectivity index (χ0n) is 11.6. The Kier molecular flexibility index (Phi) is 5.29. The number of carboxylic acid groups (broad SMARTS) is 1. The highest BCUT2D eigenvalue weighted by Crippen LogP contribution is 2.15. The molecule has 1 aromatic heterocycles. The van der Waals surface area contributed by atoms with Crippen LogP contribution in [0.5, 0.6) is 0 Å². The van der Waals surface area contributed by atoms with Crippen molar-refractivity contribution in [3.8, 4) is 0 Å². The van der Waals surface area contributed by atoms with Gasteiger partial charge in [0.2, 0.25) is 0 Å². The Hall–Kier alpha value is -1.63. The fraction of sp³-hybridized carbons (Fsp3) is 0.583. The summed E-state index contributed by atoms with van der Waals surface area (Å²) < 4.78 is 0. The molecular formula is C12H19N3O3S. The molecule has 1 heterocycles. The van der Waals surface area contributed by atoms with E-state index in [2.05, 4.69) is 4.98 Å². The number of rotatable bonds is 5. The molecule has 2 amide bonds. The first-order valence-corrected chi connectivity index (χ1v) is 6.79. The standard InChI is InChI=1S/C12H19N3O3S/c1-8(11(16)17)5-14(3)12(18)15(4)6-10-9(2)13-7-19-10/h7-8H,5-6H2,1-4H3,(H,16,17). The van der Waals surface area contributed by atoms with Gasteiger partial charge in [0.05, 0.1) is 23.7 Å². The zero-order chi connectivity index (χ0) is 14.6. The van der Waals surface area contributed by atoms with E-state index in [4.69, 9.17) is 5.11 Å². The topological polar surface area (TPSA) is 73.7 Å². The van der Waals surface area contributed by atoms with E-state index < -0.39 is 11.9 Å². The maximum absolute atomic E-state index is 12.1. The average Bonchev–Trinajstić information content (AvgIpc) is 2.73. The number of aromatic nitrogens is 1. The highest BCUT2D eigenvalue weighted by atomic mass is 32.1. The molecule has 0 saturated heterocycles. The summed E-state index contributed by atoms with van der Waals surface area (Å²) in [5.74, 6) is -1.48. The molecule has 0 saturated carbocycles. The van der Waals surface area contributed by atoms with Gasteiger partial charge in [-0.25, -0.2) is 9.78 Å². The maximum atomic E-state index is 12.1. The van der Waals surface area contributed by atoms with Crippen LogP contribution in [-0.2, 0) is 11.3 Å². The molecule has 0 spiro atoms. The lowest BCUT2D eigenvalue weighted by atomic mass is 10.2. The molecule has 7 heteroatoms. The van der Waals surface area contributed by atoms with Crippen molar-refractivity contribution >= 4 is 23.3 Å². The molecule has 0 bridgehead atoms. The lowest BCUT2D eigenvalue weighted by Gasteiger charge is -2.25. The summed E-state index contributed by atoms with van der Waals surface area (Å²) in [6.45, 7) is 4.17. The van der Waals surface area contributed by atoms with Crippen LogP contribution in [0.3, 0.4) is 0 Å². The first-order chi connectivity index (χ1) is 8.82. The minimum Gasteiger partial charge on any atom is -0.481 e. The number of thiazole rings is 1. The van der Waals surface area contributed by atoms with E-state index in [1.54, 1.807) is 31.4 Å². The molecule has 6 nitrogen and oxygen atoms in total. The second-order valence-electron chi connectivity index (χ2n) is 4.62. The maximum Gasteiger partial charge on any atom is 0.319 e. The number of nitrogens with zero attached hydrogens (tertiary/aromatic N) is 3. The molecule has 1 atom stereocenters. The van der Waals surface area contributed by atoms with Gasteiger partial charge < -0.3 is 14.9 Å². The van der Waals surface area contributed by atoms with E-state index in [-0.39, 0.29) is 12.6 Å². The Morgan fingerprint density at radius 1 is 1.42 bits per heavy atom. The molecular weight excluding hydrogens is 266 g/mol. The van der Waals surface area contributed by atoms with Crippen LogP contribution in [0.2, 0.25) is 0 Å². The van der Waals surface area contributed by atoms with Gasteiger partial charge in [0.1, 0.15) is 0 Å². The van der Waals surface area contributed by atoms with Crippen molar-refractivity contribution in [2.24, 2.45) is 5.92 Å². The number of carbonyl (C=O) groups excluding carboxylic acids is 1. The third kappa shape index (κ3) is 4.20. The minimum absolute atomic E-state index is 0.194. The molecule has 1 unspecified atom stereocenters. The Bertz CT molecular complexity index is 461. The molecule has 106 valence electrons. The number of amides is 2. The van der Waals surface area contributed by atoms with Gasteiger partial charge in [0.15, 0.2) is 0 Å². The molecule has 1 rings (SSSR count). The van der Waals surface area contributed by atoms with Gasteiger partial charge in [0.25, 0.3) is 0 Å². The van der Waals surface area contributed by atoms with Crippen molar-refractivity contribution in [3.05, 3.63) is 16.1 Å². The molecule has 0 aliphatic carbocycles. The summed E-state index contributed by atoms with van der Waals surface area (Å²) in [6.07, 6.45) is 0. The lowest BCUT2D eigenvalue weighted by Crippen LogP contribution is -2.41. The first-order valence-electron chi connectivity index (χ1n) is 5.91. The highest BCUT2D eigenvalue weighted by Gasteiger charge is 2.20. The van der Waals surface area contributed by atoms with Crippen molar-refractivity contribution in [1.29, 1.82) is 0 Å². The van der Waals surface area contributed by atoms with Crippen LogP contribution in [0, 0.1) is 12.8 Å². The third-order valence-corrected chi connectivity index (χ3v) is 3.77. The first kappa shape index (κ1) is 15.4. The quantitative estimate of drug-likeness (QED) is 0.893. The molecule has 0 aromatic carbocycles. The van der Waals surface area contributed by atoms with Gasteiger partial charge in [-0.2, -0.15) is 0 Å². The number of aryl methyl sites for hydroxylation is 1. The van der Waals surface area contributed by atoms with Crippen LogP contribution in [0.1, 0.15) is 17.5 Å². The van der Waals surface area contributed by atoms with Crippen molar-refractivity contribution in [2.75, 3.05) is 20.6 Å². The van der Waals surface area contributed by atoms with Crippen LogP contribution < -0.4 is 0 Å². The van der Waals surface area contributed by atoms with Crippen LogP contribution in [0.15, 0.2) is 5.51 Å². The average molecular weight is 285 g/mol. The van der Waals surface area contributed by atoms with E-state index in [0.29, 0.717) is 6.54 Å². The van der Waals surface area contributed by atoms with Gasteiger partial charge in [0, 0.05) is 25.5 Å². The summed E-state index contributed by atoms with van der Waals surface area (Å²) in [5, 5.41) is 8.84. The molecule has 1 N–H and O–H groups in total. The minimum atomic E-state index is -0.902. The normalized spacial score (nSPS) is 12.0. The predicted octanol–water partition coefficient (Wildman–Crippen LogP) is 1.66. The smallest absolute Gasteiger partial charge is 0.319 e. The van der Waals surface area contributed by atoms with E-state index in [1.165, 1.54) is 16.2 Å². The number of hydrogen-bond acceptors (Lipinski definition) is 4. The number of urea groups is 1. The molecule has 0 aliphatic heterocycles. The summed E-state index contributed by atoms with van der Waals surface area (Å²) >= 11 is 1.51. The Morgan fingerprint density at radius 3 is 2.53 bits per heavy atom. The van der Waals surface area contributed by atoms with E-state index in [9.17, 15) is 9.59 Å². The van der Waals surface area contributed by atoms with Gasteiger partial charge in [-0.3, -0.25) is 4.79 Å². The Balaban J connectivity index is 2.57. The van der Waals surface area contributed by atoms with E-state index in [1.807, 2.05) is 6.92 Å². The van der Waals surface area contributed by atoms with E-state index >= 15 is 0 Å². The SMILES string of the molecule is Cc1ncsc1CN(C)C(=O)N(C)CC(C)C(=O)O.